The van der Waals surface area contributed by atoms with Gasteiger partial charge in [0.25, 0.3) is 0 Å². The van der Waals surface area contributed by atoms with Gasteiger partial charge in [-0.05, 0) is 32.0 Å². The van der Waals surface area contributed by atoms with Gasteiger partial charge >= 0.3 is 0 Å². The van der Waals surface area contributed by atoms with E-state index in [1.807, 2.05) is 18.2 Å². The summed E-state index contributed by atoms with van der Waals surface area (Å²) in [5, 5.41) is 7.48. The van der Waals surface area contributed by atoms with Crippen molar-refractivity contribution in [3.05, 3.63) is 29.8 Å². The minimum absolute atomic E-state index is 0.277. The molecule has 98 valence electrons. The van der Waals surface area contributed by atoms with E-state index >= 15 is 0 Å². The molecule has 1 aliphatic heterocycles. The molecule has 0 unspecified atom stereocenters. The number of hydrogen-bond donors (Lipinski definition) is 2. The van der Waals surface area contributed by atoms with Gasteiger partial charge in [0.2, 0.25) is 0 Å². The van der Waals surface area contributed by atoms with Gasteiger partial charge in [0.15, 0.2) is 0 Å². The zero-order chi connectivity index (χ0) is 13.0. The van der Waals surface area contributed by atoms with Crippen LogP contribution in [0, 0.1) is 11.3 Å². The molecule has 0 bridgehead atoms. The SMILES string of the molecule is COc1ccccc1CN1CCC(C(=N)N)CC1. The van der Waals surface area contributed by atoms with Crippen LogP contribution in [-0.2, 0) is 6.54 Å². The fourth-order valence-electron chi connectivity index (χ4n) is 2.48. The van der Waals surface area contributed by atoms with Gasteiger partial charge in [0, 0.05) is 18.0 Å². The number of piperidine rings is 1. The number of rotatable bonds is 4. The maximum Gasteiger partial charge on any atom is 0.123 e. The molecule has 0 atom stereocenters. The Bertz CT molecular complexity index is 411. The Kier molecular flexibility index (Phi) is 4.20. The molecule has 2 rings (SSSR count). The van der Waals surface area contributed by atoms with E-state index in [1.165, 1.54) is 5.56 Å². The topological polar surface area (TPSA) is 62.3 Å². The summed E-state index contributed by atoms with van der Waals surface area (Å²) in [7, 11) is 1.71. The van der Waals surface area contributed by atoms with Gasteiger partial charge in [-0.2, -0.15) is 0 Å². The third kappa shape index (κ3) is 3.01. The first kappa shape index (κ1) is 12.9. The monoisotopic (exact) mass is 247 g/mol. The van der Waals surface area contributed by atoms with Crippen molar-refractivity contribution in [2.45, 2.75) is 19.4 Å². The number of nitrogens with zero attached hydrogens (tertiary/aromatic N) is 1. The molecule has 1 aromatic carbocycles. The van der Waals surface area contributed by atoms with E-state index in [4.69, 9.17) is 15.9 Å². The predicted octanol–water partition coefficient (Wildman–Crippen LogP) is 1.84. The van der Waals surface area contributed by atoms with E-state index in [0.717, 1.165) is 38.2 Å². The van der Waals surface area contributed by atoms with Crippen molar-refractivity contribution < 1.29 is 4.74 Å². The van der Waals surface area contributed by atoms with E-state index in [-0.39, 0.29) is 5.92 Å². The summed E-state index contributed by atoms with van der Waals surface area (Å²) in [5.41, 5.74) is 6.78. The van der Waals surface area contributed by atoms with Gasteiger partial charge in [-0.15, -0.1) is 0 Å². The van der Waals surface area contributed by atoms with Crippen LogP contribution in [0.2, 0.25) is 0 Å². The summed E-state index contributed by atoms with van der Waals surface area (Å²) < 4.78 is 5.37. The molecular formula is C14H21N3O. The summed E-state index contributed by atoms with van der Waals surface area (Å²) in [6, 6.07) is 8.14. The summed E-state index contributed by atoms with van der Waals surface area (Å²) in [6.07, 6.45) is 1.98. The Morgan fingerprint density at radius 3 is 2.67 bits per heavy atom. The molecule has 4 heteroatoms. The Labute approximate surface area is 108 Å². The van der Waals surface area contributed by atoms with Crippen LogP contribution in [0.1, 0.15) is 18.4 Å². The average molecular weight is 247 g/mol. The van der Waals surface area contributed by atoms with Crippen LogP contribution in [0.4, 0.5) is 0 Å². The second kappa shape index (κ2) is 5.87. The molecule has 1 aromatic rings. The standard InChI is InChI=1S/C14H21N3O/c1-18-13-5-3-2-4-12(13)10-17-8-6-11(7-9-17)14(15)16/h2-5,11H,6-10H2,1H3,(H3,15,16). The molecule has 0 amide bonds. The predicted molar refractivity (Wildman–Crippen MR) is 72.9 cm³/mol. The highest BCUT2D eigenvalue weighted by atomic mass is 16.5. The lowest BCUT2D eigenvalue weighted by Gasteiger charge is -2.31. The van der Waals surface area contributed by atoms with Crippen molar-refractivity contribution in [2.75, 3.05) is 20.2 Å². The maximum atomic E-state index is 7.48. The highest BCUT2D eigenvalue weighted by Crippen LogP contribution is 2.23. The summed E-state index contributed by atoms with van der Waals surface area (Å²) in [4.78, 5) is 2.40. The number of para-hydroxylation sites is 1. The van der Waals surface area contributed by atoms with Crippen LogP contribution in [-0.4, -0.2) is 30.9 Å². The minimum atomic E-state index is 0.277. The average Bonchev–Trinajstić information content (AvgIpc) is 2.40. The van der Waals surface area contributed by atoms with Crippen LogP contribution in [0.3, 0.4) is 0 Å². The molecular weight excluding hydrogens is 226 g/mol. The Morgan fingerprint density at radius 1 is 1.39 bits per heavy atom. The summed E-state index contributed by atoms with van der Waals surface area (Å²) in [6.45, 7) is 2.92. The molecule has 1 aliphatic rings. The van der Waals surface area contributed by atoms with Gasteiger partial charge in [-0.1, -0.05) is 18.2 Å². The van der Waals surface area contributed by atoms with Crippen LogP contribution in [0.25, 0.3) is 0 Å². The van der Waals surface area contributed by atoms with E-state index in [9.17, 15) is 0 Å². The summed E-state index contributed by atoms with van der Waals surface area (Å²) >= 11 is 0. The normalized spacial score (nSPS) is 17.6. The van der Waals surface area contributed by atoms with E-state index in [1.54, 1.807) is 7.11 Å². The van der Waals surface area contributed by atoms with Gasteiger partial charge in [-0.3, -0.25) is 10.3 Å². The summed E-state index contributed by atoms with van der Waals surface area (Å²) in [5.74, 6) is 1.57. The second-order valence-corrected chi connectivity index (χ2v) is 4.82. The van der Waals surface area contributed by atoms with Gasteiger partial charge in [0.1, 0.15) is 5.75 Å². The molecule has 0 radical (unpaired) electrons. The molecule has 0 aliphatic carbocycles. The van der Waals surface area contributed by atoms with Crippen LogP contribution >= 0.6 is 0 Å². The first-order chi connectivity index (χ1) is 8.70. The second-order valence-electron chi connectivity index (χ2n) is 4.82. The number of likely N-dealkylation sites (tertiary alicyclic amines) is 1. The highest BCUT2D eigenvalue weighted by molar-refractivity contribution is 5.79. The fourth-order valence-corrected chi connectivity index (χ4v) is 2.48. The Morgan fingerprint density at radius 2 is 2.06 bits per heavy atom. The molecule has 0 spiro atoms. The molecule has 1 heterocycles. The third-order valence-electron chi connectivity index (χ3n) is 3.61. The van der Waals surface area contributed by atoms with Crippen LogP contribution in [0.5, 0.6) is 5.75 Å². The van der Waals surface area contributed by atoms with Crippen molar-refractivity contribution >= 4 is 5.84 Å². The van der Waals surface area contributed by atoms with Crippen molar-refractivity contribution in [3.8, 4) is 5.75 Å². The maximum absolute atomic E-state index is 7.48. The quantitative estimate of drug-likeness (QED) is 0.630. The number of nitrogens with two attached hydrogens (primary N) is 1. The van der Waals surface area contributed by atoms with Crippen LogP contribution < -0.4 is 10.5 Å². The number of nitrogens with one attached hydrogen (secondary N) is 1. The zero-order valence-corrected chi connectivity index (χ0v) is 10.9. The van der Waals surface area contributed by atoms with Gasteiger partial charge in [0.05, 0.1) is 12.9 Å². The number of benzene rings is 1. The fraction of sp³-hybridized carbons (Fsp3) is 0.500. The molecule has 1 fully saturated rings. The van der Waals surface area contributed by atoms with Crippen LogP contribution in [0.15, 0.2) is 24.3 Å². The third-order valence-corrected chi connectivity index (χ3v) is 3.61. The number of hydrogen-bond acceptors (Lipinski definition) is 3. The lowest BCUT2D eigenvalue weighted by Crippen LogP contribution is -2.37. The zero-order valence-electron chi connectivity index (χ0n) is 10.9. The smallest absolute Gasteiger partial charge is 0.123 e. The Balaban J connectivity index is 1.93. The molecule has 0 saturated carbocycles. The number of ether oxygens (including phenoxy) is 1. The highest BCUT2D eigenvalue weighted by Gasteiger charge is 2.21. The van der Waals surface area contributed by atoms with Crippen molar-refractivity contribution in [3.63, 3.8) is 0 Å². The largest absolute Gasteiger partial charge is 0.496 e. The van der Waals surface area contributed by atoms with E-state index in [0.29, 0.717) is 5.84 Å². The van der Waals surface area contributed by atoms with Crippen molar-refractivity contribution in [1.29, 1.82) is 5.41 Å². The number of amidine groups is 1. The Hall–Kier alpha value is -1.55. The molecule has 4 nitrogen and oxygen atoms in total. The molecule has 1 saturated heterocycles. The first-order valence-electron chi connectivity index (χ1n) is 6.39. The molecule has 18 heavy (non-hydrogen) atoms. The lowest BCUT2D eigenvalue weighted by molar-refractivity contribution is 0.199. The number of methoxy groups -OCH3 is 1. The van der Waals surface area contributed by atoms with Gasteiger partial charge in [-0.25, -0.2) is 0 Å². The van der Waals surface area contributed by atoms with E-state index < -0.39 is 0 Å². The van der Waals surface area contributed by atoms with E-state index in [2.05, 4.69) is 11.0 Å². The van der Waals surface area contributed by atoms with Crippen molar-refractivity contribution in [1.82, 2.24) is 4.90 Å². The lowest BCUT2D eigenvalue weighted by atomic mass is 9.95. The van der Waals surface area contributed by atoms with Crippen molar-refractivity contribution in [2.24, 2.45) is 11.7 Å². The molecule has 3 N–H and O–H groups in total. The minimum Gasteiger partial charge on any atom is -0.496 e. The first-order valence-corrected chi connectivity index (χ1v) is 6.39. The van der Waals surface area contributed by atoms with Gasteiger partial charge < -0.3 is 10.5 Å². The molecule has 0 aromatic heterocycles.